The monoisotopic (exact) mass is 267 g/mol. The van der Waals surface area contributed by atoms with Gasteiger partial charge in [0.2, 0.25) is 0 Å². The number of aromatic nitrogens is 3. The van der Waals surface area contributed by atoms with E-state index in [1.54, 1.807) is 12.4 Å². The zero-order chi connectivity index (χ0) is 13.9. The third-order valence-corrected chi connectivity index (χ3v) is 3.23. The normalized spacial score (nSPS) is 12.4. The highest BCUT2D eigenvalue weighted by atomic mass is 15.3. The van der Waals surface area contributed by atoms with Gasteiger partial charge >= 0.3 is 0 Å². The Hall–Kier alpha value is -2.56. The van der Waals surface area contributed by atoms with Crippen LogP contribution in [0.25, 0.3) is 10.9 Å². The van der Waals surface area contributed by atoms with Gasteiger partial charge < -0.3 is 11.1 Å². The summed E-state index contributed by atoms with van der Waals surface area (Å²) in [5.41, 5.74) is 8.63. The second-order valence-corrected chi connectivity index (χ2v) is 4.88. The van der Waals surface area contributed by atoms with Gasteiger partial charge in [0.25, 0.3) is 0 Å². The van der Waals surface area contributed by atoms with Crippen LogP contribution in [-0.4, -0.2) is 20.8 Å². The van der Waals surface area contributed by atoms with Crippen LogP contribution in [0.15, 0.2) is 48.9 Å². The molecule has 3 N–H and O–H groups in total. The van der Waals surface area contributed by atoms with Crippen molar-refractivity contribution in [3.8, 4) is 0 Å². The first kappa shape index (κ1) is 12.5. The molecule has 0 radical (unpaired) electrons. The Kier molecular flexibility index (Phi) is 3.25. The molecule has 5 heteroatoms. The molecule has 0 amide bonds. The van der Waals surface area contributed by atoms with E-state index in [0.717, 1.165) is 28.8 Å². The van der Waals surface area contributed by atoms with Crippen molar-refractivity contribution < 1.29 is 0 Å². The zero-order valence-corrected chi connectivity index (χ0v) is 11.3. The van der Waals surface area contributed by atoms with Crippen LogP contribution in [0, 0.1) is 0 Å². The summed E-state index contributed by atoms with van der Waals surface area (Å²) in [4.78, 5) is 4.43. The topological polar surface area (TPSA) is 68.8 Å². The maximum atomic E-state index is 5.98. The van der Waals surface area contributed by atoms with E-state index in [9.17, 15) is 0 Å². The number of rotatable bonds is 4. The molecule has 0 saturated heterocycles. The highest BCUT2D eigenvalue weighted by molar-refractivity contribution is 5.98. The summed E-state index contributed by atoms with van der Waals surface area (Å²) in [5.74, 6) is 0. The van der Waals surface area contributed by atoms with Gasteiger partial charge in [0, 0.05) is 35.7 Å². The summed E-state index contributed by atoms with van der Waals surface area (Å²) in [5, 5.41) is 8.66. The van der Waals surface area contributed by atoms with Crippen LogP contribution in [0.1, 0.15) is 6.92 Å². The van der Waals surface area contributed by atoms with Crippen molar-refractivity contribution in [1.29, 1.82) is 0 Å². The Morgan fingerprint density at radius 3 is 2.95 bits per heavy atom. The number of fused-ring (bicyclic) bond motifs is 1. The summed E-state index contributed by atoms with van der Waals surface area (Å²) >= 11 is 0. The third kappa shape index (κ3) is 2.42. The molecule has 0 aliphatic heterocycles. The molecule has 2 aromatic heterocycles. The predicted octanol–water partition coefficient (Wildman–Crippen LogP) is 2.51. The molecular weight excluding hydrogens is 250 g/mol. The Bertz CT molecular complexity index is 705. The van der Waals surface area contributed by atoms with Crippen LogP contribution in [0.2, 0.25) is 0 Å². The standard InChI is InChI=1S/C15H17N5/c1-11(10-20-9-3-8-18-20)19-14-6-5-13(16)12-4-2-7-17-15(12)14/h2-9,11,19H,10,16H2,1H3. The lowest BCUT2D eigenvalue weighted by Gasteiger charge is -2.17. The maximum absolute atomic E-state index is 5.98. The van der Waals surface area contributed by atoms with Crippen molar-refractivity contribution in [2.24, 2.45) is 0 Å². The quantitative estimate of drug-likeness (QED) is 0.713. The Morgan fingerprint density at radius 1 is 1.25 bits per heavy atom. The zero-order valence-electron chi connectivity index (χ0n) is 11.3. The van der Waals surface area contributed by atoms with Crippen LogP contribution in [0.4, 0.5) is 11.4 Å². The van der Waals surface area contributed by atoms with Crippen molar-refractivity contribution in [3.05, 3.63) is 48.9 Å². The van der Waals surface area contributed by atoms with Crippen LogP contribution in [0.5, 0.6) is 0 Å². The Balaban J connectivity index is 1.85. The average molecular weight is 267 g/mol. The summed E-state index contributed by atoms with van der Waals surface area (Å²) in [6.45, 7) is 2.92. The van der Waals surface area contributed by atoms with E-state index in [2.05, 4.69) is 22.3 Å². The van der Waals surface area contributed by atoms with Gasteiger partial charge in [-0.15, -0.1) is 0 Å². The predicted molar refractivity (Wildman–Crippen MR) is 81.5 cm³/mol. The second kappa shape index (κ2) is 5.21. The number of nitrogens with one attached hydrogen (secondary N) is 1. The molecule has 0 spiro atoms. The van der Waals surface area contributed by atoms with Gasteiger partial charge in [-0.25, -0.2) is 0 Å². The van der Waals surface area contributed by atoms with Gasteiger partial charge in [0.15, 0.2) is 0 Å². The number of hydrogen-bond acceptors (Lipinski definition) is 4. The van der Waals surface area contributed by atoms with Gasteiger partial charge in [0.1, 0.15) is 0 Å². The van der Waals surface area contributed by atoms with Crippen molar-refractivity contribution in [1.82, 2.24) is 14.8 Å². The number of nitrogen functional groups attached to an aromatic ring is 1. The largest absolute Gasteiger partial charge is 0.398 e. The minimum absolute atomic E-state index is 0.240. The molecular formula is C15H17N5. The Labute approximate surface area is 117 Å². The van der Waals surface area contributed by atoms with Crippen LogP contribution in [0.3, 0.4) is 0 Å². The molecule has 0 fully saturated rings. The first-order valence-corrected chi connectivity index (χ1v) is 6.61. The first-order chi connectivity index (χ1) is 9.74. The number of nitrogens with two attached hydrogens (primary N) is 1. The minimum atomic E-state index is 0.240. The van der Waals surface area contributed by atoms with Gasteiger partial charge in [0.05, 0.1) is 17.7 Å². The van der Waals surface area contributed by atoms with E-state index in [-0.39, 0.29) is 6.04 Å². The van der Waals surface area contributed by atoms with E-state index in [4.69, 9.17) is 5.73 Å². The van der Waals surface area contributed by atoms with E-state index in [1.165, 1.54) is 0 Å². The summed E-state index contributed by atoms with van der Waals surface area (Å²) in [6, 6.07) is 9.93. The molecule has 1 aromatic carbocycles. The average Bonchev–Trinajstić information content (AvgIpc) is 2.95. The SMILES string of the molecule is CC(Cn1cccn1)Nc1ccc(N)c2cccnc12. The van der Waals surface area contributed by atoms with E-state index < -0.39 is 0 Å². The molecule has 102 valence electrons. The first-order valence-electron chi connectivity index (χ1n) is 6.61. The fraction of sp³-hybridized carbons (Fsp3) is 0.200. The van der Waals surface area contributed by atoms with Crippen LogP contribution in [-0.2, 0) is 6.54 Å². The fourth-order valence-corrected chi connectivity index (χ4v) is 2.31. The highest BCUT2D eigenvalue weighted by Crippen LogP contribution is 2.26. The number of benzene rings is 1. The van der Waals surface area contributed by atoms with Crippen molar-refractivity contribution >= 4 is 22.3 Å². The number of nitrogens with zero attached hydrogens (tertiary/aromatic N) is 3. The lowest BCUT2D eigenvalue weighted by molar-refractivity contribution is 0.561. The summed E-state index contributed by atoms with van der Waals surface area (Å²) < 4.78 is 1.91. The lowest BCUT2D eigenvalue weighted by Crippen LogP contribution is -2.22. The number of anilines is 2. The molecule has 3 rings (SSSR count). The lowest BCUT2D eigenvalue weighted by atomic mass is 10.1. The second-order valence-electron chi connectivity index (χ2n) is 4.88. The third-order valence-electron chi connectivity index (χ3n) is 3.23. The van der Waals surface area contributed by atoms with Crippen LogP contribution >= 0.6 is 0 Å². The van der Waals surface area contributed by atoms with Crippen molar-refractivity contribution in [2.45, 2.75) is 19.5 Å². The molecule has 0 saturated carbocycles. The van der Waals surface area contributed by atoms with Gasteiger partial charge in [-0.1, -0.05) is 0 Å². The number of pyridine rings is 1. The highest BCUT2D eigenvalue weighted by Gasteiger charge is 2.08. The fourth-order valence-electron chi connectivity index (χ4n) is 2.31. The molecule has 5 nitrogen and oxygen atoms in total. The van der Waals surface area contributed by atoms with Crippen molar-refractivity contribution in [2.75, 3.05) is 11.1 Å². The van der Waals surface area contributed by atoms with E-state index in [1.807, 2.05) is 41.2 Å². The maximum Gasteiger partial charge on any atom is 0.0953 e. The molecule has 0 aliphatic carbocycles. The molecule has 0 aliphatic rings. The molecule has 3 aromatic rings. The van der Waals surface area contributed by atoms with Crippen LogP contribution < -0.4 is 11.1 Å². The van der Waals surface area contributed by atoms with Gasteiger partial charge in [-0.2, -0.15) is 5.10 Å². The van der Waals surface area contributed by atoms with E-state index >= 15 is 0 Å². The molecule has 2 heterocycles. The summed E-state index contributed by atoms with van der Waals surface area (Å²) in [7, 11) is 0. The molecule has 1 unspecified atom stereocenters. The number of hydrogen-bond donors (Lipinski definition) is 2. The van der Waals surface area contributed by atoms with E-state index in [0.29, 0.717) is 0 Å². The molecule has 1 atom stereocenters. The minimum Gasteiger partial charge on any atom is -0.398 e. The van der Waals surface area contributed by atoms with Gasteiger partial charge in [-0.05, 0) is 37.3 Å². The molecule has 0 bridgehead atoms. The molecule has 20 heavy (non-hydrogen) atoms. The smallest absolute Gasteiger partial charge is 0.0953 e. The summed E-state index contributed by atoms with van der Waals surface area (Å²) in [6.07, 6.45) is 5.52. The van der Waals surface area contributed by atoms with Gasteiger partial charge in [-0.3, -0.25) is 9.67 Å². The van der Waals surface area contributed by atoms with Crippen molar-refractivity contribution in [3.63, 3.8) is 0 Å². The Morgan fingerprint density at radius 2 is 2.15 bits per heavy atom.